The van der Waals surface area contributed by atoms with Gasteiger partial charge < -0.3 is 0 Å². The summed E-state index contributed by atoms with van der Waals surface area (Å²) in [5, 5.41) is 3.56. The van der Waals surface area contributed by atoms with Crippen molar-refractivity contribution < 1.29 is 0 Å². The minimum Gasteiger partial charge on any atom is -0.0939 e. The molecule has 2 rings (SSSR count). The highest BCUT2D eigenvalue weighted by Crippen LogP contribution is 2.34. The van der Waals surface area contributed by atoms with Crippen LogP contribution in [-0.4, -0.2) is 6.54 Å². The average Bonchev–Trinajstić information content (AvgIpc) is 2.68. The Hall–Kier alpha value is -1.60. The molecule has 0 spiro atoms. The van der Waals surface area contributed by atoms with E-state index in [0.29, 0.717) is 6.54 Å². The molecule has 76 valence electrons. The van der Waals surface area contributed by atoms with Crippen LogP contribution in [0, 0.1) is 5.92 Å². The lowest BCUT2D eigenvalue weighted by Crippen LogP contribution is -1.95. The van der Waals surface area contributed by atoms with Crippen molar-refractivity contribution in [3.05, 3.63) is 51.8 Å². The zero-order valence-electron chi connectivity index (χ0n) is 8.69. The summed E-state index contributed by atoms with van der Waals surface area (Å²) in [6, 6.07) is 8.60. The summed E-state index contributed by atoms with van der Waals surface area (Å²) in [6.07, 6.45) is 4.38. The van der Waals surface area contributed by atoms with Crippen LogP contribution in [0.5, 0.6) is 0 Å². The fraction of sp³-hybridized carbons (Fsp3) is 0.417. The smallest absolute Gasteiger partial charge is 0.0939 e. The molecule has 1 aromatic carbocycles. The number of hydrogen-bond donors (Lipinski definition) is 0. The van der Waals surface area contributed by atoms with Crippen molar-refractivity contribution >= 4 is 0 Å². The Morgan fingerprint density at radius 3 is 3.13 bits per heavy atom. The molecule has 3 heteroatoms. The topological polar surface area (TPSA) is 48.8 Å². The third-order valence-electron chi connectivity index (χ3n) is 2.89. The quantitative estimate of drug-likeness (QED) is 0.234. The van der Waals surface area contributed by atoms with Crippen LogP contribution in [0.1, 0.15) is 30.4 Å². The predicted octanol–water partition coefficient (Wildman–Crippen LogP) is 3.65. The first-order valence-corrected chi connectivity index (χ1v) is 5.35. The highest BCUT2D eigenvalue weighted by Gasteiger charge is 2.29. The number of nitrogens with zero attached hydrogens (tertiary/aromatic N) is 3. The number of rotatable bonds is 4. The molecular formula is C12H14N3+. The molecule has 0 radical (unpaired) electrons. The Kier molecular flexibility index (Phi) is 3.15. The van der Waals surface area contributed by atoms with Crippen molar-refractivity contribution in [3.63, 3.8) is 0 Å². The van der Waals surface area contributed by atoms with Crippen LogP contribution in [-0.2, 0) is 6.42 Å². The van der Waals surface area contributed by atoms with Crippen LogP contribution in [0.3, 0.4) is 0 Å². The largest absolute Gasteiger partial charge is 0.135 e. The Morgan fingerprint density at radius 1 is 1.40 bits per heavy atom. The van der Waals surface area contributed by atoms with Gasteiger partial charge in [0.25, 0.3) is 0 Å². The molecule has 0 unspecified atom stereocenters. The molecule has 0 saturated carbocycles. The van der Waals surface area contributed by atoms with Crippen molar-refractivity contribution in [1.82, 2.24) is 0 Å². The summed E-state index contributed by atoms with van der Waals surface area (Å²) in [5.41, 5.74) is 11.1. The second-order valence-corrected chi connectivity index (χ2v) is 3.82. The van der Waals surface area contributed by atoms with Gasteiger partial charge in [-0.05, 0) is 30.2 Å². The van der Waals surface area contributed by atoms with Gasteiger partial charge in [0.1, 0.15) is 5.56 Å². The maximum Gasteiger partial charge on any atom is 0.135 e. The van der Waals surface area contributed by atoms with E-state index in [-0.39, 0.29) is 0 Å². The summed E-state index contributed by atoms with van der Waals surface area (Å²) >= 11 is 0. The highest BCUT2D eigenvalue weighted by molar-refractivity contribution is 5.43. The number of fused-ring (bicyclic) bond motifs is 1. The summed E-state index contributed by atoms with van der Waals surface area (Å²) < 4.78 is 0. The molecule has 0 atom stereocenters. The zero-order valence-corrected chi connectivity index (χ0v) is 8.69. The molecule has 0 aromatic heterocycles. The molecule has 0 saturated heterocycles. The van der Waals surface area contributed by atoms with Gasteiger partial charge in [0.2, 0.25) is 0 Å². The van der Waals surface area contributed by atoms with Gasteiger partial charge >= 0.3 is 0 Å². The fourth-order valence-electron chi connectivity index (χ4n) is 2.17. The molecule has 1 aliphatic rings. The van der Waals surface area contributed by atoms with Crippen molar-refractivity contribution in [2.45, 2.75) is 25.7 Å². The van der Waals surface area contributed by atoms with Crippen LogP contribution in [0.2, 0.25) is 0 Å². The minimum atomic E-state index is 0.613. The van der Waals surface area contributed by atoms with E-state index >= 15 is 0 Å². The van der Waals surface area contributed by atoms with Gasteiger partial charge in [0.15, 0.2) is 0 Å². The Balaban J connectivity index is 1.93. The lowest BCUT2D eigenvalue weighted by atomic mass is 9.96. The molecule has 1 aliphatic carbocycles. The second kappa shape index (κ2) is 4.76. The normalized spacial score (nSPS) is 13.5. The van der Waals surface area contributed by atoms with Gasteiger partial charge in [-0.15, -0.1) is 0 Å². The van der Waals surface area contributed by atoms with E-state index in [4.69, 9.17) is 5.53 Å². The van der Waals surface area contributed by atoms with E-state index in [9.17, 15) is 0 Å². The lowest BCUT2D eigenvalue weighted by molar-refractivity contribution is 0.735. The Morgan fingerprint density at radius 2 is 2.27 bits per heavy atom. The van der Waals surface area contributed by atoms with Crippen molar-refractivity contribution in [2.75, 3.05) is 6.54 Å². The molecule has 0 bridgehead atoms. The second-order valence-electron chi connectivity index (χ2n) is 3.82. The van der Waals surface area contributed by atoms with Crippen LogP contribution < -0.4 is 0 Å². The van der Waals surface area contributed by atoms with Crippen LogP contribution in [0.25, 0.3) is 10.4 Å². The van der Waals surface area contributed by atoms with Gasteiger partial charge in [-0.2, -0.15) is 0 Å². The Bertz CT molecular complexity index is 380. The SMILES string of the molecule is [N-]=[N+]=NCCC[C+]1CCc2ccccc21. The maximum absolute atomic E-state index is 8.17. The van der Waals surface area contributed by atoms with E-state index in [0.717, 1.165) is 12.8 Å². The number of azide groups is 1. The summed E-state index contributed by atoms with van der Waals surface area (Å²) in [4.78, 5) is 2.76. The zero-order chi connectivity index (χ0) is 10.5. The number of aryl methyl sites for hydroxylation is 1. The first-order chi connectivity index (χ1) is 7.42. The first-order valence-electron chi connectivity index (χ1n) is 5.35. The molecule has 15 heavy (non-hydrogen) atoms. The van der Waals surface area contributed by atoms with Gasteiger partial charge in [0.05, 0.1) is 5.56 Å². The molecule has 0 aliphatic heterocycles. The van der Waals surface area contributed by atoms with Crippen molar-refractivity contribution in [2.24, 2.45) is 5.11 Å². The van der Waals surface area contributed by atoms with E-state index in [1.54, 1.807) is 0 Å². The number of benzene rings is 1. The number of hydrogen-bond acceptors (Lipinski definition) is 1. The average molecular weight is 200 g/mol. The highest BCUT2D eigenvalue weighted by atomic mass is 15.1. The molecule has 0 N–H and O–H groups in total. The van der Waals surface area contributed by atoms with Gasteiger partial charge in [-0.1, -0.05) is 5.11 Å². The fourth-order valence-corrected chi connectivity index (χ4v) is 2.17. The van der Waals surface area contributed by atoms with Crippen LogP contribution in [0.4, 0.5) is 0 Å². The molecular weight excluding hydrogens is 186 g/mol. The molecule has 0 heterocycles. The molecule has 1 aromatic rings. The minimum absolute atomic E-state index is 0.613. The van der Waals surface area contributed by atoms with E-state index in [2.05, 4.69) is 34.3 Å². The Labute approximate surface area is 89.7 Å². The van der Waals surface area contributed by atoms with Crippen molar-refractivity contribution in [1.29, 1.82) is 0 Å². The summed E-state index contributed by atoms with van der Waals surface area (Å²) in [6.45, 7) is 0.613. The van der Waals surface area contributed by atoms with E-state index < -0.39 is 0 Å². The standard InChI is InChI=1S/C12H14N3/c13-15-14-9-3-5-11-8-7-10-4-1-2-6-12(10)11/h1-2,4,6H,3,5,7-9H2/q+1. The molecule has 0 fully saturated rings. The van der Waals surface area contributed by atoms with E-state index in [1.165, 1.54) is 29.9 Å². The lowest BCUT2D eigenvalue weighted by Gasteiger charge is -2.02. The molecule has 0 amide bonds. The first kappa shape index (κ1) is 9.94. The maximum atomic E-state index is 8.17. The summed E-state index contributed by atoms with van der Waals surface area (Å²) in [7, 11) is 0. The van der Waals surface area contributed by atoms with Crippen LogP contribution >= 0.6 is 0 Å². The van der Waals surface area contributed by atoms with Gasteiger partial charge in [-0.3, -0.25) is 0 Å². The van der Waals surface area contributed by atoms with Gasteiger partial charge in [0, 0.05) is 42.7 Å². The third-order valence-corrected chi connectivity index (χ3v) is 2.89. The van der Waals surface area contributed by atoms with E-state index in [1.807, 2.05) is 0 Å². The molecule has 3 nitrogen and oxygen atoms in total. The third kappa shape index (κ3) is 2.25. The van der Waals surface area contributed by atoms with Crippen molar-refractivity contribution in [3.8, 4) is 0 Å². The predicted molar refractivity (Wildman–Crippen MR) is 60.4 cm³/mol. The van der Waals surface area contributed by atoms with Gasteiger partial charge in [-0.25, -0.2) is 0 Å². The monoisotopic (exact) mass is 200 g/mol. The summed E-state index contributed by atoms with van der Waals surface area (Å²) in [5.74, 6) is 1.53. The van der Waals surface area contributed by atoms with Crippen LogP contribution in [0.15, 0.2) is 29.4 Å².